The Bertz CT molecular complexity index is 455. The lowest BCUT2D eigenvalue weighted by Gasteiger charge is -2.01. The molecule has 0 aliphatic rings. The van der Waals surface area contributed by atoms with Crippen LogP contribution in [0.15, 0.2) is 12.1 Å². The van der Waals surface area contributed by atoms with E-state index in [2.05, 4.69) is 32.8 Å². The largest absolute Gasteiger partial charge is 0.495 e. The number of rotatable bonds is 1. The Labute approximate surface area is 93.6 Å². The van der Waals surface area contributed by atoms with Gasteiger partial charge in [0.2, 0.25) is 0 Å². The Hall–Kier alpha value is -0.490. The van der Waals surface area contributed by atoms with E-state index >= 15 is 0 Å². The van der Waals surface area contributed by atoms with Crippen LogP contribution in [0.1, 0.15) is 0 Å². The molecule has 0 atom stereocenters. The zero-order valence-corrected chi connectivity index (χ0v) is 9.68. The number of nitrogens with one attached hydrogen (secondary N) is 1. The first kappa shape index (κ1) is 9.08. The normalized spacial score (nSPS) is 10.7. The van der Waals surface area contributed by atoms with Gasteiger partial charge in [-0.05, 0) is 34.7 Å². The van der Waals surface area contributed by atoms with Crippen molar-refractivity contribution in [2.24, 2.45) is 0 Å². The topological polar surface area (TPSA) is 37.9 Å². The van der Waals surface area contributed by atoms with Gasteiger partial charge in [0.15, 0.2) is 0 Å². The summed E-state index contributed by atoms with van der Waals surface area (Å²) in [5.74, 6) is 0.675. The summed E-state index contributed by atoms with van der Waals surface area (Å²) in [4.78, 5) is 0. The second-order valence-electron chi connectivity index (χ2n) is 2.54. The third kappa shape index (κ3) is 1.48. The van der Waals surface area contributed by atoms with Crippen LogP contribution in [0.2, 0.25) is 5.02 Å². The van der Waals surface area contributed by atoms with E-state index in [1.54, 1.807) is 13.2 Å². The molecular formula is C8H6ClIN2O. The molecule has 0 saturated carbocycles. The highest BCUT2D eigenvalue weighted by molar-refractivity contribution is 14.1. The van der Waals surface area contributed by atoms with Crippen LogP contribution in [0.5, 0.6) is 5.75 Å². The van der Waals surface area contributed by atoms with E-state index in [4.69, 9.17) is 16.3 Å². The van der Waals surface area contributed by atoms with Gasteiger partial charge >= 0.3 is 0 Å². The summed E-state index contributed by atoms with van der Waals surface area (Å²) < 4.78 is 6.09. The first-order valence-electron chi connectivity index (χ1n) is 3.59. The number of methoxy groups -OCH3 is 1. The smallest absolute Gasteiger partial charge is 0.138 e. The molecule has 0 unspecified atom stereocenters. The number of aromatic nitrogens is 2. The van der Waals surface area contributed by atoms with Gasteiger partial charge in [-0.3, -0.25) is 5.10 Å². The summed E-state index contributed by atoms with van der Waals surface area (Å²) in [6.45, 7) is 0. The average molecular weight is 309 g/mol. The molecule has 68 valence electrons. The predicted molar refractivity (Wildman–Crippen MR) is 60.4 cm³/mol. The first-order chi connectivity index (χ1) is 6.22. The van der Waals surface area contributed by atoms with Crippen molar-refractivity contribution in [3.05, 3.63) is 20.9 Å². The molecule has 0 bridgehead atoms. The van der Waals surface area contributed by atoms with Crippen molar-refractivity contribution in [1.82, 2.24) is 10.2 Å². The van der Waals surface area contributed by atoms with Gasteiger partial charge in [0.25, 0.3) is 0 Å². The standard InChI is InChI=1S/C8H6ClIN2O/c1-13-7-2-4-6(3-5(7)9)11-12-8(4)10/h2-3H,1H3,(H,11,12). The quantitative estimate of drug-likeness (QED) is 0.823. The van der Waals surface area contributed by atoms with Crippen molar-refractivity contribution in [2.45, 2.75) is 0 Å². The zero-order valence-electron chi connectivity index (χ0n) is 6.77. The monoisotopic (exact) mass is 308 g/mol. The molecule has 0 radical (unpaired) electrons. The molecule has 2 aromatic rings. The van der Waals surface area contributed by atoms with Crippen molar-refractivity contribution in [1.29, 1.82) is 0 Å². The molecule has 0 aliphatic carbocycles. The summed E-state index contributed by atoms with van der Waals surface area (Å²) in [5, 5.41) is 8.57. The molecule has 5 heteroatoms. The van der Waals surface area contributed by atoms with E-state index in [1.165, 1.54) is 0 Å². The molecule has 1 heterocycles. The van der Waals surface area contributed by atoms with Crippen molar-refractivity contribution in [3.63, 3.8) is 0 Å². The number of H-pyrrole nitrogens is 1. The maximum atomic E-state index is 5.93. The lowest BCUT2D eigenvalue weighted by atomic mass is 10.2. The summed E-state index contributed by atoms with van der Waals surface area (Å²) in [6, 6.07) is 3.66. The van der Waals surface area contributed by atoms with Gasteiger partial charge in [0, 0.05) is 5.39 Å². The third-order valence-electron chi connectivity index (χ3n) is 1.78. The van der Waals surface area contributed by atoms with E-state index < -0.39 is 0 Å². The highest BCUT2D eigenvalue weighted by atomic mass is 127. The molecule has 1 aromatic heterocycles. The number of halogens is 2. The number of nitrogens with zero attached hydrogens (tertiary/aromatic N) is 1. The minimum Gasteiger partial charge on any atom is -0.495 e. The van der Waals surface area contributed by atoms with Crippen LogP contribution in [0.4, 0.5) is 0 Å². The van der Waals surface area contributed by atoms with E-state index in [0.29, 0.717) is 10.8 Å². The van der Waals surface area contributed by atoms with Crippen LogP contribution in [0.25, 0.3) is 10.9 Å². The molecule has 1 aromatic carbocycles. The van der Waals surface area contributed by atoms with Gasteiger partial charge in [-0.25, -0.2) is 0 Å². The minimum absolute atomic E-state index is 0.581. The van der Waals surface area contributed by atoms with E-state index in [0.717, 1.165) is 14.6 Å². The predicted octanol–water partition coefficient (Wildman–Crippen LogP) is 2.83. The molecule has 0 saturated heterocycles. The van der Waals surface area contributed by atoms with Crippen LogP contribution >= 0.6 is 34.2 Å². The number of hydrogen-bond donors (Lipinski definition) is 1. The van der Waals surface area contributed by atoms with E-state index in [9.17, 15) is 0 Å². The maximum Gasteiger partial charge on any atom is 0.138 e. The fraction of sp³-hybridized carbons (Fsp3) is 0.125. The minimum atomic E-state index is 0.581. The van der Waals surface area contributed by atoms with Crippen LogP contribution in [-0.4, -0.2) is 17.3 Å². The highest BCUT2D eigenvalue weighted by Gasteiger charge is 2.07. The zero-order chi connectivity index (χ0) is 9.42. The molecular weight excluding hydrogens is 302 g/mol. The molecule has 1 N–H and O–H groups in total. The van der Waals surface area contributed by atoms with Crippen LogP contribution in [0.3, 0.4) is 0 Å². The maximum absolute atomic E-state index is 5.93. The van der Waals surface area contributed by atoms with Crippen molar-refractivity contribution in [3.8, 4) is 5.75 Å². The fourth-order valence-corrected chi connectivity index (χ4v) is 1.92. The number of ether oxygens (including phenoxy) is 1. The number of aromatic amines is 1. The molecule has 0 amide bonds. The van der Waals surface area contributed by atoms with Crippen LogP contribution < -0.4 is 4.74 Å². The summed E-state index contributed by atoms with van der Waals surface area (Å²) in [6.07, 6.45) is 0. The van der Waals surface area contributed by atoms with Gasteiger partial charge in [0.1, 0.15) is 9.45 Å². The van der Waals surface area contributed by atoms with Crippen molar-refractivity contribution in [2.75, 3.05) is 7.11 Å². The molecule has 13 heavy (non-hydrogen) atoms. The molecule has 0 aliphatic heterocycles. The fourth-order valence-electron chi connectivity index (χ4n) is 1.14. The van der Waals surface area contributed by atoms with E-state index in [-0.39, 0.29) is 0 Å². The Balaban J connectivity index is 2.77. The molecule has 3 nitrogen and oxygen atoms in total. The van der Waals surface area contributed by atoms with Crippen molar-refractivity contribution >= 4 is 45.1 Å². The molecule has 0 fully saturated rings. The summed E-state index contributed by atoms with van der Waals surface area (Å²) in [5.41, 5.74) is 0.857. The third-order valence-corrected chi connectivity index (χ3v) is 2.90. The summed E-state index contributed by atoms with van der Waals surface area (Å²) in [7, 11) is 1.60. The summed E-state index contributed by atoms with van der Waals surface area (Å²) >= 11 is 8.11. The van der Waals surface area contributed by atoms with Gasteiger partial charge < -0.3 is 4.74 Å². The lowest BCUT2D eigenvalue weighted by Crippen LogP contribution is -1.83. The highest BCUT2D eigenvalue weighted by Crippen LogP contribution is 2.30. The van der Waals surface area contributed by atoms with Crippen LogP contribution in [-0.2, 0) is 0 Å². The lowest BCUT2D eigenvalue weighted by molar-refractivity contribution is 0.415. The Morgan fingerprint density at radius 1 is 1.54 bits per heavy atom. The SMILES string of the molecule is COc1cc2c(I)[nH]nc2cc1Cl. The van der Waals surface area contributed by atoms with Crippen molar-refractivity contribution < 1.29 is 4.74 Å². The van der Waals surface area contributed by atoms with E-state index in [1.807, 2.05) is 6.07 Å². The Kier molecular flexibility index (Phi) is 2.33. The van der Waals surface area contributed by atoms with Gasteiger partial charge in [-0.2, -0.15) is 5.10 Å². The Morgan fingerprint density at radius 3 is 3.00 bits per heavy atom. The van der Waals surface area contributed by atoms with Gasteiger partial charge in [0.05, 0.1) is 17.6 Å². The number of hydrogen-bond acceptors (Lipinski definition) is 2. The Morgan fingerprint density at radius 2 is 2.31 bits per heavy atom. The second kappa shape index (κ2) is 3.34. The second-order valence-corrected chi connectivity index (χ2v) is 4.03. The molecule has 0 spiro atoms. The average Bonchev–Trinajstić information content (AvgIpc) is 2.46. The van der Waals surface area contributed by atoms with Gasteiger partial charge in [-0.15, -0.1) is 0 Å². The number of fused-ring (bicyclic) bond motifs is 1. The molecule has 2 rings (SSSR count). The van der Waals surface area contributed by atoms with Crippen LogP contribution in [0, 0.1) is 3.70 Å². The first-order valence-corrected chi connectivity index (χ1v) is 5.05. The van der Waals surface area contributed by atoms with Gasteiger partial charge in [-0.1, -0.05) is 11.6 Å². The number of benzene rings is 1.